The van der Waals surface area contributed by atoms with Crippen molar-refractivity contribution in [3.05, 3.63) is 0 Å². The van der Waals surface area contributed by atoms with E-state index in [1.54, 1.807) is 7.11 Å². The van der Waals surface area contributed by atoms with Crippen LogP contribution in [0, 0.1) is 11.8 Å². The van der Waals surface area contributed by atoms with Gasteiger partial charge in [-0.3, -0.25) is 4.90 Å². The van der Waals surface area contributed by atoms with Crippen molar-refractivity contribution in [3.8, 4) is 0 Å². The Morgan fingerprint density at radius 2 is 2.14 bits per heavy atom. The Bertz CT molecular complexity index is 163. The summed E-state index contributed by atoms with van der Waals surface area (Å²) in [7, 11) is 1.75. The van der Waals surface area contributed by atoms with Crippen molar-refractivity contribution in [3.63, 3.8) is 0 Å². The molecular weight excluding hydrogens is 176 g/mol. The second-order valence-corrected chi connectivity index (χ2v) is 4.58. The number of likely N-dealkylation sites (tertiary alicyclic amines) is 1. The Balaban J connectivity index is 2.43. The smallest absolute Gasteiger partial charge is 0.0630 e. The summed E-state index contributed by atoms with van der Waals surface area (Å²) in [6.45, 7) is 8.49. The molecule has 3 heteroatoms. The summed E-state index contributed by atoms with van der Waals surface area (Å²) >= 11 is 0. The van der Waals surface area contributed by atoms with Crippen molar-refractivity contribution in [1.29, 1.82) is 0 Å². The summed E-state index contributed by atoms with van der Waals surface area (Å²) in [6.07, 6.45) is 1.29. The van der Waals surface area contributed by atoms with Gasteiger partial charge in [-0.25, -0.2) is 0 Å². The Hall–Kier alpha value is -0.120. The van der Waals surface area contributed by atoms with Crippen LogP contribution in [0.4, 0.5) is 0 Å². The van der Waals surface area contributed by atoms with Crippen molar-refractivity contribution in [2.24, 2.45) is 17.6 Å². The quantitative estimate of drug-likeness (QED) is 0.734. The molecule has 1 heterocycles. The number of ether oxygens (including phenoxy) is 1. The van der Waals surface area contributed by atoms with E-state index >= 15 is 0 Å². The molecule has 84 valence electrons. The van der Waals surface area contributed by atoms with E-state index in [1.165, 1.54) is 19.5 Å². The molecule has 0 spiro atoms. The van der Waals surface area contributed by atoms with Crippen LogP contribution in [0.2, 0.25) is 0 Å². The molecule has 0 aliphatic carbocycles. The van der Waals surface area contributed by atoms with Crippen LogP contribution in [-0.2, 0) is 4.74 Å². The van der Waals surface area contributed by atoms with Crippen LogP contribution < -0.4 is 5.73 Å². The van der Waals surface area contributed by atoms with Gasteiger partial charge >= 0.3 is 0 Å². The minimum absolute atomic E-state index is 0.412. The third-order valence-electron chi connectivity index (χ3n) is 3.51. The normalized spacial score (nSPS) is 31.7. The molecule has 3 atom stereocenters. The highest BCUT2D eigenvalue weighted by molar-refractivity contribution is 4.81. The number of hydrogen-bond acceptors (Lipinski definition) is 3. The topological polar surface area (TPSA) is 38.5 Å². The maximum Gasteiger partial charge on any atom is 0.0630 e. The average Bonchev–Trinajstić information content (AvgIpc) is 2.19. The van der Waals surface area contributed by atoms with Gasteiger partial charge in [-0.15, -0.1) is 0 Å². The predicted octanol–water partition coefficient (Wildman–Crippen LogP) is 0.938. The Morgan fingerprint density at radius 3 is 2.64 bits per heavy atom. The fourth-order valence-electron chi connectivity index (χ4n) is 2.14. The molecule has 0 aromatic carbocycles. The standard InChI is InChI=1S/C11H24N2O/c1-9-4-5-13(7-10(9)2)11(6-12)8-14-3/h9-11H,4-8,12H2,1-3H3. The minimum Gasteiger partial charge on any atom is -0.383 e. The molecule has 1 rings (SSSR count). The first-order valence-corrected chi connectivity index (χ1v) is 5.62. The van der Waals surface area contributed by atoms with Crippen molar-refractivity contribution in [2.75, 3.05) is 33.4 Å². The van der Waals surface area contributed by atoms with Gasteiger partial charge in [0.25, 0.3) is 0 Å². The highest BCUT2D eigenvalue weighted by Gasteiger charge is 2.26. The van der Waals surface area contributed by atoms with Crippen molar-refractivity contribution >= 4 is 0 Å². The molecule has 1 saturated heterocycles. The third kappa shape index (κ3) is 2.94. The molecule has 0 aromatic rings. The summed E-state index contributed by atoms with van der Waals surface area (Å²) in [5.74, 6) is 1.64. The number of nitrogens with two attached hydrogens (primary N) is 1. The molecule has 1 aliphatic heterocycles. The highest BCUT2D eigenvalue weighted by atomic mass is 16.5. The molecule has 2 N–H and O–H groups in total. The monoisotopic (exact) mass is 200 g/mol. The van der Waals surface area contributed by atoms with Crippen molar-refractivity contribution in [2.45, 2.75) is 26.3 Å². The number of nitrogens with zero attached hydrogens (tertiary/aromatic N) is 1. The Morgan fingerprint density at radius 1 is 1.43 bits per heavy atom. The molecule has 0 radical (unpaired) electrons. The first-order chi connectivity index (χ1) is 6.69. The maximum absolute atomic E-state index is 5.75. The van der Waals surface area contributed by atoms with Gasteiger partial charge in [0.05, 0.1) is 6.61 Å². The first-order valence-electron chi connectivity index (χ1n) is 5.62. The zero-order valence-electron chi connectivity index (χ0n) is 9.70. The van der Waals surface area contributed by atoms with Gasteiger partial charge in [-0.05, 0) is 24.8 Å². The number of methoxy groups -OCH3 is 1. The van der Waals surface area contributed by atoms with Crippen LogP contribution in [0.5, 0.6) is 0 Å². The fraction of sp³-hybridized carbons (Fsp3) is 1.00. The Kier molecular flexibility index (Phi) is 4.85. The predicted molar refractivity (Wildman–Crippen MR) is 59.2 cm³/mol. The highest BCUT2D eigenvalue weighted by Crippen LogP contribution is 2.23. The lowest BCUT2D eigenvalue weighted by molar-refractivity contribution is 0.0498. The fourth-order valence-corrected chi connectivity index (χ4v) is 2.14. The zero-order chi connectivity index (χ0) is 10.6. The zero-order valence-corrected chi connectivity index (χ0v) is 9.70. The van der Waals surface area contributed by atoms with E-state index in [-0.39, 0.29) is 0 Å². The largest absolute Gasteiger partial charge is 0.383 e. The van der Waals surface area contributed by atoms with Crippen LogP contribution in [0.1, 0.15) is 20.3 Å². The molecule has 1 fully saturated rings. The summed E-state index contributed by atoms with van der Waals surface area (Å²) in [6, 6.07) is 0.412. The lowest BCUT2D eigenvalue weighted by Gasteiger charge is -2.39. The number of rotatable bonds is 4. The van der Waals surface area contributed by atoms with Gasteiger partial charge in [0.2, 0.25) is 0 Å². The van der Waals surface area contributed by atoms with E-state index in [4.69, 9.17) is 10.5 Å². The van der Waals surface area contributed by atoms with Crippen LogP contribution in [-0.4, -0.2) is 44.3 Å². The van der Waals surface area contributed by atoms with Crippen LogP contribution >= 0.6 is 0 Å². The molecule has 3 unspecified atom stereocenters. The third-order valence-corrected chi connectivity index (χ3v) is 3.51. The molecule has 0 bridgehead atoms. The van der Waals surface area contributed by atoms with Gasteiger partial charge in [0, 0.05) is 26.2 Å². The lowest BCUT2D eigenvalue weighted by Crippen LogP contribution is -2.49. The molecule has 0 aromatic heterocycles. The Labute approximate surface area is 87.6 Å². The lowest BCUT2D eigenvalue weighted by atomic mass is 9.88. The summed E-state index contributed by atoms with van der Waals surface area (Å²) in [5.41, 5.74) is 5.75. The van der Waals surface area contributed by atoms with E-state index < -0.39 is 0 Å². The van der Waals surface area contributed by atoms with E-state index in [9.17, 15) is 0 Å². The van der Waals surface area contributed by atoms with Crippen LogP contribution in [0.25, 0.3) is 0 Å². The van der Waals surface area contributed by atoms with E-state index in [0.717, 1.165) is 18.4 Å². The van der Waals surface area contributed by atoms with Crippen LogP contribution in [0.3, 0.4) is 0 Å². The molecular formula is C11H24N2O. The number of hydrogen-bond donors (Lipinski definition) is 1. The summed E-state index contributed by atoms with van der Waals surface area (Å²) in [5, 5.41) is 0. The second-order valence-electron chi connectivity index (χ2n) is 4.58. The summed E-state index contributed by atoms with van der Waals surface area (Å²) < 4.78 is 5.19. The maximum atomic E-state index is 5.75. The van der Waals surface area contributed by atoms with Gasteiger partial charge in [-0.1, -0.05) is 13.8 Å². The van der Waals surface area contributed by atoms with Gasteiger partial charge in [0.15, 0.2) is 0 Å². The first kappa shape index (κ1) is 12.0. The second kappa shape index (κ2) is 5.69. The average molecular weight is 200 g/mol. The van der Waals surface area contributed by atoms with Crippen molar-refractivity contribution in [1.82, 2.24) is 4.90 Å². The molecule has 3 nitrogen and oxygen atoms in total. The van der Waals surface area contributed by atoms with Gasteiger partial charge in [0.1, 0.15) is 0 Å². The van der Waals surface area contributed by atoms with E-state index in [1.807, 2.05) is 0 Å². The van der Waals surface area contributed by atoms with E-state index in [2.05, 4.69) is 18.7 Å². The molecule has 1 aliphatic rings. The van der Waals surface area contributed by atoms with Gasteiger partial charge in [-0.2, -0.15) is 0 Å². The number of piperidine rings is 1. The molecule has 0 amide bonds. The van der Waals surface area contributed by atoms with Gasteiger partial charge < -0.3 is 10.5 Å². The summed E-state index contributed by atoms with van der Waals surface area (Å²) in [4.78, 5) is 2.48. The minimum atomic E-state index is 0.412. The van der Waals surface area contributed by atoms with Crippen LogP contribution in [0.15, 0.2) is 0 Å². The molecule has 14 heavy (non-hydrogen) atoms. The van der Waals surface area contributed by atoms with Crippen molar-refractivity contribution < 1.29 is 4.74 Å². The van der Waals surface area contributed by atoms with E-state index in [0.29, 0.717) is 12.6 Å². The SMILES string of the molecule is COCC(CN)N1CCC(C)C(C)C1. The molecule has 0 saturated carbocycles.